The molecule has 0 saturated heterocycles. The predicted octanol–water partition coefficient (Wildman–Crippen LogP) is 5.33. The minimum Gasteiger partial charge on any atom is -0.493 e. The molecule has 1 heterocycles. The Kier molecular flexibility index (Phi) is 11.4. The molecule has 1 aromatic heterocycles. The first-order valence-electron chi connectivity index (χ1n) is 16.0. The van der Waals surface area contributed by atoms with E-state index in [9.17, 15) is 19.2 Å². The van der Waals surface area contributed by atoms with Crippen molar-refractivity contribution in [3.8, 4) is 28.4 Å². The summed E-state index contributed by atoms with van der Waals surface area (Å²) in [6, 6.07) is 15.2. The van der Waals surface area contributed by atoms with Gasteiger partial charge in [-0.3, -0.25) is 14.4 Å². The molecule has 2 atom stereocenters. The second kappa shape index (κ2) is 15.9. The summed E-state index contributed by atoms with van der Waals surface area (Å²) in [5.41, 5.74) is 3.92. The number of carbonyl (C=O) groups excluding carboxylic acids is 3. The van der Waals surface area contributed by atoms with Gasteiger partial charge in [-0.25, -0.2) is 9.78 Å². The van der Waals surface area contributed by atoms with E-state index >= 15 is 0 Å². The average molecular weight is 701 g/mol. The number of aryl methyl sites for hydroxylation is 3. The first kappa shape index (κ1) is 35.9. The number of esters is 1. The number of aromatic nitrogens is 1. The van der Waals surface area contributed by atoms with Gasteiger partial charge in [0.05, 0.1) is 40.2 Å². The largest absolute Gasteiger partial charge is 0.493 e. The zero-order valence-corrected chi connectivity index (χ0v) is 29.6. The second-order valence-electron chi connectivity index (χ2n) is 11.7. The molecule has 13 heteroatoms. The fourth-order valence-electron chi connectivity index (χ4n) is 6.07. The van der Waals surface area contributed by atoms with Crippen LogP contribution in [-0.2, 0) is 33.6 Å². The quantitative estimate of drug-likeness (QED) is 0.165. The van der Waals surface area contributed by atoms with Crippen molar-refractivity contribution in [2.24, 2.45) is 0 Å². The molecule has 4 aromatic rings. The van der Waals surface area contributed by atoms with Crippen molar-refractivity contribution < 1.29 is 33.3 Å². The van der Waals surface area contributed by atoms with Gasteiger partial charge in [0.1, 0.15) is 6.04 Å². The number of thiazole rings is 1. The minimum absolute atomic E-state index is 0.154. The topological polar surface area (TPSA) is 154 Å². The fourth-order valence-corrected chi connectivity index (χ4v) is 7.02. The van der Waals surface area contributed by atoms with Gasteiger partial charge in [-0.1, -0.05) is 36.4 Å². The zero-order valence-electron chi connectivity index (χ0n) is 28.8. The summed E-state index contributed by atoms with van der Waals surface area (Å²) in [5, 5.41) is 9.04. The van der Waals surface area contributed by atoms with Crippen LogP contribution in [0, 0.1) is 0 Å². The van der Waals surface area contributed by atoms with Crippen LogP contribution in [0.1, 0.15) is 58.4 Å². The fraction of sp³-hybridized carbons (Fsp3) is 0.324. The van der Waals surface area contributed by atoms with Crippen molar-refractivity contribution in [2.45, 2.75) is 51.6 Å². The lowest BCUT2D eigenvalue weighted by atomic mass is 9.95. The molecular formula is C37H40N4O8S. The van der Waals surface area contributed by atoms with E-state index in [1.165, 1.54) is 45.7 Å². The number of rotatable bonds is 12. The van der Waals surface area contributed by atoms with Crippen molar-refractivity contribution >= 4 is 39.9 Å². The molecule has 3 N–H and O–H groups in total. The molecule has 1 aliphatic rings. The summed E-state index contributed by atoms with van der Waals surface area (Å²) in [7, 11) is 5.89. The van der Waals surface area contributed by atoms with Gasteiger partial charge in [-0.2, -0.15) is 0 Å². The van der Waals surface area contributed by atoms with Crippen LogP contribution in [0.15, 0.2) is 59.4 Å². The third-order valence-corrected chi connectivity index (χ3v) is 9.50. The molecule has 2 amide bonds. The number of benzene rings is 2. The van der Waals surface area contributed by atoms with E-state index < -0.39 is 24.0 Å². The summed E-state index contributed by atoms with van der Waals surface area (Å²) in [4.78, 5) is 57.0. The van der Waals surface area contributed by atoms with E-state index in [4.69, 9.17) is 18.9 Å². The van der Waals surface area contributed by atoms with Crippen LogP contribution in [0.4, 0.5) is 10.8 Å². The molecule has 3 aromatic carbocycles. The Morgan fingerprint density at radius 2 is 1.70 bits per heavy atom. The highest BCUT2D eigenvalue weighted by Gasteiger charge is 2.30. The monoisotopic (exact) mass is 700 g/mol. The van der Waals surface area contributed by atoms with Crippen molar-refractivity contribution in [1.82, 2.24) is 10.3 Å². The number of carbonyl (C=O) groups is 3. The first-order valence-corrected chi connectivity index (χ1v) is 16.9. The molecule has 12 nitrogen and oxygen atoms in total. The lowest BCUT2D eigenvalue weighted by Gasteiger charge is -2.19. The van der Waals surface area contributed by atoms with Gasteiger partial charge in [0, 0.05) is 17.4 Å². The van der Waals surface area contributed by atoms with Gasteiger partial charge in [-0.05, 0) is 73.1 Å². The van der Waals surface area contributed by atoms with Gasteiger partial charge < -0.3 is 34.9 Å². The average Bonchev–Trinajstić information content (AvgIpc) is 3.38. The molecule has 50 heavy (non-hydrogen) atoms. The highest BCUT2D eigenvalue weighted by atomic mass is 32.1. The van der Waals surface area contributed by atoms with Crippen LogP contribution in [-0.4, -0.2) is 57.2 Å². The van der Waals surface area contributed by atoms with E-state index in [1.807, 2.05) is 36.4 Å². The summed E-state index contributed by atoms with van der Waals surface area (Å²) in [5.74, 6) is 0.0446. The van der Waals surface area contributed by atoms with E-state index in [2.05, 4.69) is 20.9 Å². The zero-order chi connectivity index (χ0) is 35.9. The van der Waals surface area contributed by atoms with Crippen LogP contribution < -0.4 is 35.6 Å². The van der Waals surface area contributed by atoms with E-state index in [0.29, 0.717) is 64.5 Å². The molecular weight excluding hydrogens is 660 g/mol. The maximum Gasteiger partial charge on any atom is 0.357 e. The number of hydrogen-bond donors (Lipinski definition) is 3. The Bertz CT molecular complexity index is 1960. The summed E-state index contributed by atoms with van der Waals surface area (Å²) in [6.45, 7) is 3.05. The number of fused-ring (bicyclic) bond motifs is 3. The highest BCUT2D eigenvalue weighted by Crippen LogP contribution is 2.50. The standard InChI is InChI=1S/C37H40N4O8S/c1-20(35(44)41-37-40-32(36(45)49-6)30(50-37)17-12-22-10-8-7-9-11-22)38-27-16-14-24-25(19-28(27)43)26(39-21(2)42)15-13-23-18-29(46-3)33(47-4)34(48-5)31(23)24/h7-11,14,16,18-20,26H,12-13,15,17H2,1-6H3,(H,38,43)(H,39,42)(H,40,41,44)/t20-,26-/m0/s1. The normalized spacial score (nSPS) is 13.8. The minimum atomic E-state index is -0.875. The van der Waals surface area contributed by atoms with Crippen LogP contribution in [0.5, 0.6) is 17.2 Å². The van der Waals surface area contributed by atoms with Gasteiger partial charge in [0.2, 0.25) is 23.0 Å². The number of nitrogens with one attached hydrogen (secondary N) is 3. The lowest BCUT2D eigenvalue weighted by Crippen LogP contribution is -2.33. The number of anilines is 2. The molecule has 0 unspecified atom stereocenters. The Balaban J connectivity index is 1.45. The van der Waals surface area contributed by atoms with Crippen molar-refractivity contribution in [1.29, 1.82) is 0 Å². The van der Waals surface area contributed by atoms with Gasteiger partial charge in [0.25, 0.3) is 0 Å². The van der Waals surface area contributed by atoms with E-state index in [-0.39, 0.29) is 27.8 Å². The molecule has 0 fully saturated rings. The Labute approximate surface area is 294 Å². The SMILES string of the molecule is COC(=O)c1nc(NC(=O)[C@H](C)Nc2ccc3c(cc2=O)[C@@H](NC(C)=O)CCc2cc(OC)c(OC)c(OC)c2-3)sc1CCc1ccccc1. The molecule has 5 rings (SSSR count). The van der Waals surface area contributed by atoms with Crippen LogP contribution in [0.2, 0.25) is 0 Å². The summed E-state index contributed by atoms with van der Waals surface area (Å²) < 4.78 is 22.0. The maximum atomic E-state index is 13.7. The van der Waals surface area contributed by atoms with E-state index in [0.717, 1.165) is 11.1 Å². The molecule has 0 bridgehead atoms. The summed E-state index contributed by atoms with van der Waals surface area (Å²) >= 11 is 1.20. The molecule has 1 aliphatic carbocycles. The molecule has 0 spiro atoms. The van der Waals surface area contributed by atoms with Crippen molar-refractivity contribution in [3.63, 3.8) is 0 Å². The third kappa shape index (κ3) is 7.73. The number of hydrogen-bond acceptors (Lipinski definition) is 11. The smallest absolute Gasteiger partial charge is 0.357 e. The molecule has 0 aliphatic heterocycles. The van der Waals surface area contributed by atoms with Crippen LogP contribution >= 0.6 is 11.3 Å². The molecule has 0 radical (unpaired) electrons. The van der Waals surface area contributed by atoms with Gasteiger partial charge >= 0.3 is 5.97 Å². The van der Waals surface area contributed by atoms with E-state index in [1.54, 1.807) is 26.2 Å². The van der Waals surface area contributed by atoms with Crippen LogP contribution in [0.3, 0.4) is 0 Å². The Morgan fingerprint density at radius 3 is 2.36 bits per heavy atom. The number of nitrogens with zero attached hydrogens (tertiary/aromatic N) is 1. The highest BCUT2D eigenvalue weighted by molar-refractivity contribution is 7.16. The van der Waals surface area contributed by atoms with Crippen LogP contribution in [0.25, 0.3) is 11.1 Å². The number of ether oxygens (including phenoxy) is 4. The maximum absolute atomic E-state index is 13.7. The van der Waals surface area contributed by atoms with Crippen molar-refractivity contribution in [3.05, 3.63) is 92.1 Å². The third-order valence-electron chi connectivity index (χ3n) is 8.47. The second-order valence-corrected chi connectivity index (χ2v) is 12.8. The number of methoxy groups -OCH3 is 4. The summed E-state index contributed by atoms with van der Waals surface area (Å²) in [6.07, 6.45) is 2.29. The van der Waals surface area contributed by atoms with Gasteiger partial charge in [-0.15, -0.1) is 11.3 Å². The molecule has 262 valence electrons. The Morgan fingerprint density at radius 1 is 0.960 bits per heavy atom. The van der Waals surface area contributed by atoms with Crippen molar-refractivity contribution in [2.75, 3.05) is 39.1 Å². The Hall–Kier alpha value is -5.43. The predicted molar refractivity (Wildman–Crippen MR) is 192 cm³/mol. The van der Waals surface area contributed by atoms with Gasteiger partial charge in [0.15, 0.2) is 22.3 Å². The first-order chi connectivity index (χ1) is 24.1. The molecule has 0 saturated carbocycles. The number of amides is 2. The lowest BCUT2D eigenvalue weighted by molar-refractivity contribution is -0.119.